The van der Waals surface area contributed by atoms with Gasteiger partial charge < -0.3 is 14.8 Å². The van der Waals surface area contributed by atoms with Crippen LogP contribution in [0.15, 0.2) is 0 Å². The Bertz CT molecular complexity index is 251. The van der Waals surface area contributed by atoms with Crippen LogP contribution in [-0.4, -0.2) is 44.3 Å². The summed E-state index contributed by atoms with van der Waals surface area (Å²) in [6.07, 6.45) is -13.1. The Labute approximate surface area is 98.2 Å². The monoisotopic (exact) mass is 283 g/mol. The van der Waals surface area contributed by atoms with Gasteiger partial charge in [0.1, 0.15) is 6.61 Å². The summed E-state index contributed by atoms with van der Waals surface area (Å²) < 4.78 is 80.8. The number of alkyl carbamates (subject to hydrolysis) is 1. The van der Waals surface area contributed by atoms with Crippen molar-refractivity contribution in [2.24, 2.45) is 0 Å². The first-order valence-corrected chi connectivity index (χ1v) is 4.73. The topological polar surface area (TPSA) is 47.6 Å². The molecule has 0 radical (unpaired) electrons. The molecule has 0 heterocycles. The number of halogens is 6. The van der Waals surface area contributed by atoms with Crippen LogP contribution >= 0.6 is 0 Å². The number of hydrogen-bond donors (Lipinski definition) is 1. The summed E-state index contributed by atoms with van der Waals surface area (Å²) in [5.74, 6) is 0. The number of ether oxygens (including phenoxy) is 2. The van der Waals surface area contributed by atoms with Gasteiger partial charge in [0.15, 0.2) is 0 Å². The smallest absolute Gasteiger partial charge is 0.417 e. The minimum atomic E-state index is -5.64. The molecule has 0 aliphatic rings. The summed E-state index contributed by atoms with van der Waals surface area (Å²) in [4.78, 5) is 10.7. The van der Waals surface area contributed by atoms with Crippen molar-refractivity contribution in [3.05, 3.63) is 0 Å². The number of carbonyl (C=O) groups excluding carboxylic acids is 1. The molecule has 0 aromatic heterocycles. The molecule has 0 atom stereocenters. The molecule has 1 N–H and O–H groups in total. The molecular weight excluding hydrogens is 272 g/mol. The lowest BCUT2D eigenvalue weighted by Gasteiger charge is -2.23. The van der Waals surface area contributed by atoms with Crippen molar-refractivity contribution in [3.8, 4) is 0 Å². The van der Waals surface area contributed by atoms with E-state index in [1.54, 1.807) is 6.92 Å². The van der Waals surface area contributed by atoms with E-state index in [1.165, 1.54) is 0 Å². The zero-order valence-corrected chi connectivity index (χ0v) is 9.19. The van der Waals surface area contributed by atoms with Crippen molar-refractivity contribution < 1.29 is 40.6 Å². The lowest BCUT2D eigenvalue weighted by Crippen LogP contribution is -2.54. The number of alkyl halides is 6. The maximum absolute atomic E-state index is 12.0. The highest BCUT2D eigenvalue weighted by Crippen LogP contribution is 2.33. The van der Waals surface area contributed by atoms with E-state index < -0.39 is 31.1 Å². The van der Waals surface area contributed by atoms with E-state index in [4.69, 9.17) is 0 Å². The molecule has 18 heavy (non-hydrogen) atoms. The minimum Gasteiger partial charge on any atom is -0.447 e. The minimum absolute atomic E-state index is 0.118. The van der Waals surface area contributed by atoms with Gasteiger partial charge in [-0.2, -0.15) is 26.3 Å². The third kappa shape index (κ3) is 6.52. The largest absolute Gasteiger partial charge is 0.447 e. The van der Waals surface area contributed by atoms with Crippen molar-refractivity contribution in [1.29, 1.82) is 0 Å². The predicted molar refractivity (Wildman–Crippen MR) is 46.9 cm³/mol. The summed E-state index contributed by atoms with van der Waals surface area (Å²) in [6.45, 7) is 1.33. The third-order valence-corrected chi connectivity index (χ3v) is 1.58. The van der Waals surface area contributed by atoms with Gasteiger partial charge in [-0.25, -0.2) is 4.79 Å². The van der Waals surface area contributed by atoms with Crippen LogP contribution in [0, 0.1) is 0 Å². The highest BCUT2D eigenvalue weighted by Gasteiger charge is 2.57. The number of carbonyl (C=O) groups is 1. The molecule has 0 aromatic carbocycles. The number of hydrogen-bond acceptors (Lipinski definition) is 3. The second kappa shape index (κ2) is 6.66. The van der Waals surface area contributed by atoms with E-state index >= 15 is 0 Å². The van der Waals surface area contributed by atoms with E-state index in [-0.39, 0.29) is 13.2 Å². The summed E-state index contributed by atoms with van der Waals surface area (Å²) in [6, 6.07) is -3.95. The Balaban J connectivity index is 4.30. The summed E-state index contributed by atoms with van der Waals surface area (Å²) >= 11 is 0. The van der Waals surface area contributed by atoms with Crippen LogP contribution in [0.2, 0.25) is 0 Å². The van der Waals surface area contributed by atoms with Crippen molar-refractivity contribution in [2.45, 2.75) is 25.3 Å². The SMILES string of the molecule is CCOCCOC(=O)NC(C(F)(F)F)C(F)(F)F. The summed E-state index contributed by atoms with van der Waals surface area (Å²) in [7, 11) is 0. The third-order valence-electron chi connectivity index (χ3n) is 1.58. The molecule has 0 aliphatic heterocycles. The Morgan fingerprint density at radius 1 is 1.11 bits per heavy atom. The molecule has 0 rings (SSSR count). The Morgan fingerprint density at radius 2 is 1.61 bits per heavy atom. The fourth-order valence-electron chi connectivity index (χ4n) is 0.846. The van der Waals surface area contributed by atoms with Crippen molar-refractivity contribution >= 4 is 6.09 Å². The Morgan fingerprint density at radius 3 is 2.00 bits per heavy atom. The second-order valence-corrected chi connectivity index (χ2v) is 2.99. The fourth-order valence-corrected chi connectivity index (χ4v) is 0.846. The van der Waals surface area contributed by atoms with Crippen LogP contribution in [0.4, 0.5) is 31.1 Å². The van der Waals surface area contributed by atoms with E-state index in [0.29, 0.717) is 5.32 Å². The molecule has 0 bridgehead atoms. The Kier molecular flexibility index (Phi) is 6.22. The van der Waals surface area contributed by atoms with Gasteiger partial charge in [-0.15, -0.1) is 0 Å². The summed E-state index contributed by atoms with van der Waals surface area (Å²) in [5.41, 5.74) is 0. The van der Waals surface area contributed by atoms with Crippen LogP contribution < -0.4 is 5.32 Å². The highest BCUT2D eigenvalue weighted by atomic mass is 19.4. The average molecular weight is 283 g/mol. The van der Waals surface area contributed by atoms with Gasteiger partial charge in [-0.05, 0) is 6.92 Å². The van der Waals surface area contributed by atoms with Crippen LogP contribution in [0.25, 0.3) is 0 Å². The maximum Gasteiger partial charge on any atom is 0.417 e. The normalized spacial score (nSPS) is 12.7. The predicted octanol–water partition coefficient (Wildman–Crippen LogP) is 2.24. The van der Waals surface area contributed by atoms with E-state index in [0.717, 1.165) is 0 Å². The van der Waals surface area contributed by atoms with Gasteiger partial charge in [0, 0.05) is 6.61 Å². The molecule has 0 saturated carbocycles. The Hall–Kier alpha value is -1.19. The van der Waals surface area contributed by atoms with Crippen molar-refractivity contribution in [3.63, 3.8) is 0 Å². The zero-order valence-electron chi connectivity index (χ0n) is 9.19. The van der Waals surface area contributed by atoms with Gasteiger partial charge in [0.2, 0.25) is 6.04 Å². The van der Waals surface area contributed by atoms with Gasteiger partial charge >= 0.3 is 18.4 Å². The molecule has 10 heteroatoms. The number of nitrogens with one attached hydrogen (secondary N) is 1. The fraction of sp³-hybridized carbons (Fsp3) is 0.875. The van der Waals surface area contributed by atoms with Crippen LogP contribution in [0.1, 0.15) is 6.92 Å². The van der Waals surface area contributed by atoms with Gasteiger partial charge in [-0.1, -0.05) is 0 Å². The lowest BCUT2D eigenvalue weighted by atomic mass is 10.3. The average Bonchev–Trinajstić information content (AvgIpc) is 2.18. The van der Waals surface area contributed by atoms with Gasteiger partial charge in [0.25, 0.3) is 0 Å². The number of amides is 1. The van der Waals surface area contributed by atoms with Crippen LogP contribution in [0.5, 0.6) is 0 Å². The molecule has 0 aliphatic carbocycles. The zero-order chi connectivity index (χ0) is 14.4. The van der Waals surface area contributed by atoms with E-state index in [9.17, 15) is 31.1 Å². The quantitative estimate of drug-likeness (QED) is 0.622. The van der Waals surface area contributed by atoms with E-state index in [2.05, 4.69) is 9.47 Å². The first-order chi connectivity index (χ1) is 8.09. The first kappa shape index (κ1) is 16.8. The molecule has 0 unspecified atom stereocenters. The van der Waals surface area contributed by atoms with Gasteiger partial charge in [-0.3, -0.25) is 0 Å². The standard InChI is InChI=1S/C8H11F6NO3/c1-2-17-3-4-18-6(16)15-5(7(9,10)11)8(12,13)14/h5H,2-4H2,1H3,(H,15,16). The molecule has 0 aromatic rings. The maximum atomic E-state index is 12.0. The van der Waals surface area contributed by atoms with Crippen LogP contribution in [-0.2, 0) is 9.47 Å². The van der Waals surface area contributed by atoms with Crippen molar-refractivity contribution in [1.82, 2.24) is 5.32 Å². The lowest BCUT2D eigenvalue weighted by molar-refractivity contribution is -0.256. The summed E-state index contributed by atoms with van der Waals surface area (Å²) in [5, 5.41) is 0.707. The molecular formula is C8H11F6NO3. The van der Waals surface area contributed by atoms with Gasteiger partial charge in [0.05, 0.1) is 6.61 Å². The second-order valence-electron chi connectivity index (χ2n) is 2.99. The first-order valence-electron chi connectivity index (χ1n) is 4.73. The highest BCUT2D eigenvalue weighted by molar-refractivity contribution is 5.67. The molecule has 0 saturated heterocycles. The number of rotatable bonds is 5. The molecule has 0 fully saturated rings. The molecule has 108 valence electrons. The molecule has 4 nitrogen and oxygen atoms in total. The van der Waals surface area contributed by atoms with Crippen LogP contribution in [0.3, 0.4) is 0 Å². The van der Waals surface area contributed by atoms with E-state index in [1.807, 2.05) is 0 Å². The van der Waals surface area contributed by atoms with Crippen molar-refractivity contribution in [2.75, 3.05) is 19.8 Å². The molecule has 1 amide bonds. The molecule has 0 spiro atoms.